The van der Waals surface area contributed by atoms with E-state index in [9.17, 15) is 9.59 Å². The van der Waals surface area contributed by atoms with Gasteiger partial charge in [0, 0.05) is 16.1 Å². The van der Waals surface area contributed by atoms with E-state index >= 15 is 0 Å². The summed E-state index contributed by atoms with van der Waals surface area (Å²) in [5.41, 5.74) is 1.72. The van der Waals surface area contributed by atoms with Crippen molar-refractivity contribution >= 4 is 33.3 Å². The first-order valence-electron chi connectivity index (χ1n) is 7.02. The van der Waals surface area contributed by atoms with Gasteiger partial charge in [0.15, 0.2) is 17.3 Å². The first-order valence-corrected chi connectivity index (χ1v) is 7.81. The highest BCUT2D eigenvalue weighted by Crippen LogP contribution is 2.37. The standard InChI is InChI=1S/C17H14BrNO4/c1-10(20)13-7-15-16(23-9-22-15)8-14(13)19-17(21)6-11-2-4-12(18)5-3-11/h2-5,7-8H,6,9H2,1H3,(H,19,21). The van der Waals surface area contributed by atoms with Gasteiger partial charge in [0.25, 0.3) is 0 Å². The number of hydrogen-bond acceptors (Lipinski definition) is 4. The SMILES string of the molecule is CC(=O)c1cc2c(cc1NC(=O)Cc1ccc(Br)cc1)OCO2. The molecule has 0 unspecified atom stereocenters. The Morgan fingerprint density at radius 2 is 1.78 bits per heavy atom. The van der Waals surface area contributed by atoms with Crippen molar-refractivity contribution < 1.29 is 19.1 Å². The topological polar surface area (TPSA) is 64.6 Å². The van der Waals surface area contributed by atoms with Gasteiger partial charge in [0.05, 0.1) is 12.1 Å². The van der Waals surface area contributed by atoms with Gasteiger partial charge in [-0.3, -0.25) is 9.59 Å². The molecule has 0 bridgehead atoms. The lowest BCUT2D eigenvalue weighted by Crippen LogP contribution is -2.16. The highest BCUT2D eigenvalue weighted by molar-refractivity contribution is 9.10. The van der Waals surface area contributed by atoms with E-state index in [0.29, 0.717) is 22.7 Å². The van der Waals surface area contributed by atoms with Gasteiger partial charge in [-0.05, 0) is 30.7 Å². The fourth-order valence-corrected chi connectivity index (χ4v) is 2.58. The number of nitrogens with one attached hydrogen (secondary N) is 1. The van der Waals surface area contributed by atoms with Gasteiger partial charge in [0.2, 0.25) is 12.7 Å². The normalized spacial score (nSPS) is 12.1. The third-order valence-corrected chi connectivity index (χ3v) is 3.97. The lowest BCUT2D eigenvalue weighted by atomic mass is 10.1. The van der Waals surface area contributed by atoms with Gasteiger partial charge in [-0.1, -0.05) is 28.1 Å². The largest absolute Gasteiger partial charge is 0.454 e. The van der Waals surface area contributed by atoms with Crippen LogP contribution in [0.1, 0.15) is 22.8 Å². The maximum atomic E-state index is 12.2. The minimum Gasteiger partial charge on any atom is -0.454 e. The molecular weight excluding hydrogens is 362 g/mol. The molecule has 118 valence electrons. The summed E-state index contributed by atoms with van der Waals surface area (Å²) in [5.74, 6) is 0.686. The molecule has 5 nitrogen and oxygen atoms in total. The van der Waals surface area contributed by atoms with Gasteiger partial charge in [-0.15, -0.1) is 0 Å². The molecule has 0 atom stereocenters. The average molecular weight is 376 g/mol. The number of carbonyl (C=O) groups excluding carboxylic acids is 2. The van der Waals surface area contributed by atoms with Crippen molar-refractivity contribution in [2.75, 3.05) is 12.1 Å². The second-order valence-corrected chi connectivity index (χ2v) is 6.07. The van der Waals surface area contributed by atoms with E-state index in [1.165, 1.54) is 6.92 Å². The van der Waals surface area contributed by atoms with Gasteiger partial charge in [-0.25, -0.2) is 0 Å². The Hall–Kier alpha value is -2.34. The van der Waals surface area contributed by atoms with E-state index in [1.807, 2.05) is 24.3 Å². The summed E-state index contributed by atoms with van der Waals surface area (Å²) in [7, 11) is 0. The smallest absolute Gasteiger partial charge is 0.231 e. The lowest BCUT2D eigenvalue weighted by Gasteiger charge is -2.10. The molecule has 1 amide bonds. The minimum atomic E-state index is -0.200. The van der Waals surface area contributed by atoms with E-state index in [4.69, 9.17) is 9.47 Å². The third kappa shape index (κ3) is 3.53. The Bertz CT molecular complexity index is 771. The number of halogens is 1. The number of Topliss-reactive ketones (excluding diaryl/α,β-unsaturated/α-hetero) is 1. The van der Waals surface area contributed by atoms with Crippen molar-refractivity contribution in [1.29, 1.82) is 0 Å². The molecule has 0 spiro atoms. The Morgan fingerprint density at radius 3 is 2.43 bits per heavy atom. The molecule has 0 saturated heterocycles. The maximum Gasteiger partial charge on any atom is 0.231 e. The van der Waals surface area contributed by atoms with Crippen LogP contribution in [0.3, 0.4) is 0 Å². The molecular formula is C17H14BrNO4. The van der Waals surface area contributed by atoms with Crippen molar-refractivity contribution in [2.24, 2.45) is 0 Å². The molecule has 1 N–H and O–H groups in total. The Kier molecular flexibility index (Phi) is 4.34. The number of fused-ring (bicyclic) bond motifs is 1. The molecule has 3 rings (SSSR count). The summed E-state index contributed by atoms with van der Waals surface area (Å²) in [5, 5.41) is 2.78. The van der Waals surface area contributed by atoms with Crippen LogP contribution in [-0.2, 0) is 11.2 Å². The van der Waals surface area contributed by atoms with Crippen LogP contribution >= 0.6 is 15.9 Å². The summed E-state index contributed by atoms with van der Waals surface area (Å²) in [4.78, 5) is 24.0. The fraction of sp³-hybridized carbons (Fsp3) is 0.176. The first-order chi connectivity index (χ1) is 11.0. The molecule has 0 aromatic heterocycles. The number of ketones is 1. The van der Waals surface area contributed by atoms with Crippen LogP contribution < -0.4 is 14.8 Å². The molecule has 1 aliphatic rings. The number of hydrogen-bond donors (Lipinski definition) is 1. The number of carbonyl (C=O) groups is 2. The second kappa shape index (κ2) is 6.42. The van der Waals surface area contributed by atoms with E-state index in [0.717, 1.165) is 10.0 Å². The lowest BCUT2D eigenvalue weighted by molar-refractivity contribution is -0.115. The van der Waals surface area contributed by atoms with Crippen molar-refractivity contribution in [3.8, 4) is 11.5 Å². The summed E-state index contributed by atoms with van der Waals surface area (Å²) in [6, 6.07) is 10.7. The Morgan fingerprint density at radius 1 is 1.13 bits per heavy atom. The van der Waals surface area contributed by atoms with Crippen LogP contribution in [0.2, 0.25) is 0 Å². The zero-order valence-corrected chi connectivity index (χ0v) is 14.0. The average Bonchev–Trinajstić information content (AvgIpc) is 2.96. The molecule has 2 aromatic rings. The van der Waals surface area contributed by atoms with Gasteiger partial charge in [0.1, 0.15) is 0 Å². The molecule has 0 fully saturated rings. The minimum absolute atomic E-state index is 0.114. The molecule has 0 aliphatic carbocycles. The fourth-order valence-electron chi connectivity index (χ4n) is 2.32. The predicted octanol–water partition coefficient (Wildman–Crippen LogP) is 3.56. The predicted molar refractivity (Wildman–Crippen MR) is 89.0 cm³/mol. The van der Waals surface area contributed by atoms with E-state index in [-0.39, 0.29) is 24.9 Å². The maximum absolute atomic E-state index is 12.2. The summed E-state index contributed by atoms with van der Waals surface area (Å²) in [6.45, 7) is 1.56. The number of benzene rings is 2. The molecule has 0 saturated carbocycles. The van der Waals surface area contributed by atoms with Crippen LogP contribution in [0.4, 0.5) is 5.69 Å². The molecule has 1 aliphatic heterocycles. The van der Waals surface area contributed by atoms with Gasteiger partial charge in [-0.2, -0.15) is 0 Å². The van der Waals surface area contributed by atoms with Crippen LogP contribution in [0, 0.1) is 0 Å². The summed E-state index contributed by atoms with van der Waals surface area (Å²) in [6.07, 6.45) is 0.221. The van der Waals surface area contributed by atoms with Crippen LogP contribution in [0.5, 0.6) is 11.5 Å². The van der Waals surface area contributed by atoms with E-state index in [1.54, 1.807) is 12.1 Å². The van der Waals surface area contributed by atoms with Crippen LogP contribution in [-0.4, -0.2) is 18.5 Å². The molecule has 2 aromatic carbocycles. The Labute approximate surface area is 141 Å². The number of rotatable bonds is 4. The van der Waals surface area contributed by atoms with Crippen molar-refractivity contribution in [3.05, 3.63) is 52.0 Å². The van der Waals surface area contributed by atoms with Crippen LogP contribution in [0.25, 0.3) is 0 Å². The summed E-state index contributed by atoms with van der Waals surface area (Å²) < 4.78 is 11.5. The molecule has 1 heterocycles. The molecule has 23 heavy (non-hydrogen) atoms. The number of ether oxygens (including phenoxy) is 2. The zero-order valence-electron chi connectivity index (χ0n) is 12.4. The highest BCUT2D eigenvalue weighted by Gasteiger charge is 2.20. The summed E-state index contributed by atoms with van der Waals surface area (Å²) >= 11 is 3.36. The van der Waals surface area contributed by atoms with E-state index < -0.39 is 0 Å². The van der Waals surface area contributed by atoms with Gasteiger partial charge < -0.3 is 14.8 Å². The quantitative estimate of drug-likeness (QED) is 0.829. The zero-order chi connectivity index (χ0) is 16.4. The van der Waals surface area contributed by atoms with Crippen molar-refractivity contribution in [2.45, 2.75) is 13.3 Å². The third-order valence-electron chi connectivity index (χ3n) is 3.44. The first kappa shape index (κ1) is 15.6. The van der Waals surface area contributed by atoms with Crippen LogP contribution in [0.15, 0.2) is 40.9 Å². The number of anilines is 1. The molecule has 6 heteroatoms. The highest BCUT2D eigenvalue weighted by atomic mass is 79.9. The van der Waals surface area contributed by atoms with Gasteiger partial charge >= 0.3 is 0 Å². The Balaban J connectivity index is 1.80. The molecule has 0 radical (unpaired) electrons. The monoisotopic (exact) mass is 375 g/mol. The number of amides is 1. The van der Waals surface area contributed by atoms with Crippen molar-refractivity contribution in [1.82, 2.24) is 0 Å². The van der Waals surface area contributed by atoms with E-state index in [2.05, 4.69) is 21.2 Å². The van der Waals surface area contributed by atoms with Crippen molar-refractivity contribution in [3.63, 3.8) is 0 Å². The second-order valence-electron chi connectivity index (χ2n) is 5.16.